The van der Waals surface area contributed by atoms with Gasteiger partial charge < -0.3 is 5.32 Å². The van der Waals surface area contributed by atoms with Gasteiger partial charge in [-0.05, 0) is 49.9 Å². The zero-order valence-electron chi connectivity index (χ0n) is 8.60. The first-order valence-electron chi connectivity index (χ1n) is 5.43. The Morgan fingerprint density at radius 3 is 2.87 bits per heavy atom. The number of hydrogen-bond donors (Lipinski definition) is 1. The third-order valence-corrected chi connectivity index (χ3v) is 3.39. The lowest BCUT2D eigenvalue weighted by Crippen LogP contribution is -2.17. The Morgan fingerprint density at radius 1 is 1.40 bits per heavy atom. The molecule has 1 fully saturated rings. The monoisotopic (exact) mass is 271 g/mol. The van der Waals surface area contributed by atoms with Crippen molar-refractivity contribution in [1.29, 1.82) is 0 Å². The van der Waals surface area contributed by atoms with E-state index in [9.17, 15) is 4.39 Å². The first-order chi connectivity index (χ1) is 7.25. The van der Waals surface area contributed by atoms with Crippen LogP contribution in [0.25, 0.3) is 0 Å². The maximum absolute atomic E-state index is 12.8. The molecule has 2 rings (SSSR count). The fourth-order valence-corrected chi connectivity index (χ4v) is 2.15. The van der Waals surface area contributed by atoms with Gasteiger partial charge in [-0.2, -0.15) is 0 Å². The molecule has 1 aromatic rings. The fraction of sp³-hybridized carbons (Fsp3) is 0.500. The molecule has 3 heteroatoms. The van der Waals surface area contributed by atoms with Crippen molar-refractivity contribution in [2.24, 2.45) is 0 Å². The van der Waals surface area contributed by atoms with E-state index in [1.807, 2.05) is 6.07 Å². The summed E-state index contributed by atoms with van der Waals surface area (Å²) in [7, 11) is 0. The Kier molecular flexibility index (Phi) is 3.76. The van der Waals surface area contributed by atoms with Gasteiger partial charge in [0.25, 0.3) is 0 Å². The van der Waals surface area contributed by atoms with Crippen molar-refractivity contribution in [1.82, 2.24) is 5.32 Å². The molecule has 1 N–H and O–H groups in total. The number of nitrogens with one attached hydrogen (secondary N) is 1. The molecule has 0 saturated heterocycles. The lowest BCUT2D eigenvalue weighted by atomic mass is 10.1. The van der Waals surface area contributed by atoms with Crippen LogP contribution in [0.2, 0.25) is 0 Å². The van der Waals surface area contributed by atoms with Gasteiger partial charge in [-0.1, -0.05) is 22.0 Å². The summed E-state index contributed by atoms with van der Waals surface area (Å²) in [4.78, 5) is 0. The highest BCUT2D eigenvalue weighted by molar-refractivity contribution is 9.10. The zero-order valence-corrected chi connectivity index (χ0v) is 10.2. The van der Waals surface area contributed by atoms with E-state index < -0.39 is 0 Å². The number of halogens is 2. The quantitative estimate of drug-likeness (QED) is 0.811. The summed E-state index contributed by atoms with van der Waals surface area (Å²) < 4.78 is 13.7. The Hall–Kier alpha value is -0.410. The van der Waals surface area contributed by atoms with Crippen LogP contribution in [0.1, 0.15) is 24.8 Å². The Morgan fingerprint density at radius 2 is 2.20 bits per heavy atom. The summed E-state index contributed by atoms with van der Waals surface area (Å²) in [6, 6.07) is 5.69. The first kappa shape index (κ1) is 11.1. The minimum Gasteiger partial charge on any atom is -0.314 e. The van der Waals surface area contributed by atoms with Crippen molar-refractivity contribution >= 4 is 15.9 Å². The second kappa shape index (κ2) is 5.08. The highest BCUT2D eigenvalue weighted by atomic mass is 79.9. The van der Waals surface area contributed by atoms with Gasteiger partial charge in [0.05, 0.1) is 0 Å². The van der Waals surface area contributed by atoms with Crippen LogP contribution in [0, 0.1) is 5.82 Å². The molecule has 1 aromatic carbocycles. The van der Waals surface area contributed by atoms with Crippen LogP contribution in [0.15, 0.2) is 22.7 Å². The van der Waals surface area contributed by atoms with Gasteiger partial charge in [0, 0.05) is 10.5 Å². The molecule has 1 aliphatic rings. The van der Waals surface area contributed by atoms with Crippen LogP contribution < -0.4 is 5.32 Å². The molecule has 0 aliphatic heterocycles. The van der Waals surface area contributed by atoms with Crippen molar-refractivity contribution < 1.29 is 4.39 Å². The molecule has 15 heavy (non-hydrogen) atoms. The SMILES string of the molecule is Fc1ccc(CCCNC2CC2)c(Br)c1. The van der Waals surface area contributed by atoms with Crippen molar-refractivity contribution in [3.63, 3.8) is 0 Å². The summed E-state index contributed by atoms with van der Waals surface area (Å²) in [5, 5.41) is 3.47. The van der Waals surface area contributed by atoms with E-state index in [4.69, 9.17) is 0 Å². The molecule has 0 aromatic heterocycles. The van der Waals surface area contributed by atoms with Crippen molar-refractivity contribution in [3.8, 4) is 0 Å². The maximum atomic E-state index is 12.8. The topological polar surface area (TPSA) is 12.0 Å². The molecule has 0 amide bonds. The summed E-state index contributed by atoms with van der Waals surface area (Å²) in [5.41, 5.74) is 1.19. The van der Waals surface area contributed by atoms with Gasteiger partial charge in [-0.25, -0.2) is 4.39 Å². The molecule has 82 valence electrons. The lowest BCUT2D eigenvalue weighted by Gasteiger charge is -2.05. The van der Waals surface area contributed by atoms with Crippen LogP contribution in [-0.4, -0.2) is 12.6 Å². The minimum absolute atomic E-state index is 0.179. The average molecular weight is 272 g/mol. The predicted octanol–water partition coefficient (Wildman–Crippen LogP) is 3.27. The fourth-order valence-electron chi connectivity index (χ4n) is 1.60. The Balaban J connectivity index is 1.76. The normalized spacial score (nSPS) is 15.6. The molecule has 1 nitrogen and oxygen atoms in total. The Bertz CT molecular complexity index is 336. The summed E-state index contributed by atoms with van der Waals surface area (Å²) in [5.74, 6) is -0.179. The van der Waals surface area contributed by atoms with Gasteiger partial charge in [0.15, 0.2) is 0 Å². The third-order valence-electron chi connectivity index (χ3n) is 2.65. The molecule has 0 spiro atoms. The number of aryl methyl sites for hydroxylation is 1. The van der Waals surface area contributed by atoms with Gasteiger partial charge in [-0.15, -0.1) is 0 Å². The summed E-state index contributed by atoms with van der Waals surface area (Å²) in [6.45, 7) is 1.06. The van der Waals surface area contributed by atoms with Gasteiger partial charge in [0.2, 0.25) is 0 Å². The van der Waals surface area contributed by atoms with Crippen molar-refractivity contribution in [2.75, 3.05) is 6.54 Å². The molecule has 1 aliphatic carbocycles. The molecule has 0 radical (unpaired) electrons. The minimum atomic E-state index is -0.179. The zero-order chi connectivity index (χ0) is 10.7. The van der Waals surface area contributed by atoms with Crippen molar-refractivity contribution in [2.45, 2.75) is 31.7 Å². The van der Waals surface area contributed by atoms with Crippen LogP contribution >= 0.6 is 15.9 Å². The standard InChI is InChI=1S/C12H15BrFN/c13-12-8-10(14)4-3-9(12)2-1-7-15-11-5-6-11/h3-4,8,11,15H,1-2,5-7H2. The molecule has 0 bridgehead atoms. The van der Waals surface area contributed by atoms with E-state index in [2.05, 4.69) is 21.2 Å². The van der Waals surface area contributed by atoms with Crippen LogP contribution in [0.5, 0.6) is 0 Å². The van der Waals surface area contributed by atoms with E-state index in [0.29, 0.717) is 0 Å². The number of rotatable bonds is 5. The smallest absolute Gasteiger partial charge is 0.124 e. The average Bonchev–Trinajstić information content (AvgIpc) is 2.99. The second-order valence-electron chi connectivity index (χ2n) is 4.07. The summed E-state index contributed by atoms with van der Waals surface area (Å²) in [6.07, 6.45) is 4.78. The molecule has 0 heterocycles. The molecular formula is C12H15BrFN. The highest BCUT2D eigenvalue weighted by Crippen LogP contribution is 2.20. The van der Waals surface area contributed by atoms with Gasteiger partial charge in [0.1, 0.15) is 5.82 Å². The van der Waals surface area contributed by atoms with Crippen LogP contribution in [0.4, 0.5) is 4.39 Å². The second-order valence-corrected chi connectivity index (χ2v) is 4.92. The van der Waals surface area contributed by atoms with E-state index in [1.54, 1.807) is 0 Å². The van der Waals surface area contributed by atoms with Crippen LogP contribution in [-0.2, 0) is 6.42 Å². The highest BCUT2D eigenvalue weighted by Gasteiger charge is 2.19. The first-order valence-corrected chi connectivity index (χ1v) is 6.22. The molecule has 1 saturated carbocycles. The Labute approximate surface area is 98.2 Å². The largest absolute Gasteiger partial charge is 0.314 e. The van der Waals surface area contributed by atoms with Crippen molar-refractivity contribution in [3.05, 3.63) is 34.1 Å². The van der Waals surface area contributed by atoms with E-state index in [1.165, 1.54) is 30.5 Å². The molecule has 0 unspecified atom stereocenters. The molecular weight excluding hydrogens is 257 g/mol. The number of hydrogen-bond acceptors (Lipinski definition) is 1. The lowest BCUT2D eigenvalue weighted by molar-refractivity contribution is 0.623. The van der Waals surface area contributed by atoms with E-state index in [-0.39, 0.29) is 5.82 Å². The van der Waals surface area contributed by atoms with E-state index >= 15 is 0 Å². The maximum Gasteiger partial charge on any atom is 0.124 e. The summed E-state index contributed by atoms with van der Waals surface area (Å²) >= 11 is 3.38. The van der Waals surface area contributed by atoms with Gasteiger partial charge in [-0.3, -0.25) is 0 Å². The number of benzene rings is 1. The predicted molar refractivity (Wildman–Crippen MR) is 63.4 cm³/mol. The van der Waals surface area contributed by atoms with E-state index in [0.717, 1.165) is 29.9 Å². The van der Waals surface area contributed by atoms with Gasteiger partial charge >= 0.3 is 0 Å². The van der Waals surface area contributed by atoms with Crippen LogP contribution in [0.3, 0.4) is 0 Å². The molecule has 0 atom stereocenters. The third kappa shape index (κ3) is 3.58.